The Hall–Kier alpha value is -0.830. The van der Waals surface area contributed by atoms with E-state index in [-0.39, 0.29) is 11.9 Å². The van der Waals surface area contributed by atoms with Crippen LogP contribution in [-0.2, 0) is 4.79 Å². The number of nitrogens with one attached hydrogen (secondary N) is 1. The molecule has 1 N–H and O–H groups in total. The van der Waals surface area contributed by atoms with Crippen LogP contribution in [-0.4, -0.2) is 5.91 Å². The number of halogens is 1. The minimum Gasteiger partial charge on any atom is -0.349 e. The van der Waals surface area contributed by atoms with E-state index in [9.17, 15) is 4.79 Å². The molecule has 0 aromatic heterocycles. The molecular formula is C16H20BrNO. The number of hydrogen-bond acceptors (Lipinski definition) is 1. The monoisotopic (exact) mass is 321 g/mol. The molecule has 102 valence electrons. The Morgan fingerprint density at radius 1 is 1.21 bits per heavy atom. The molecule has 0 saturated heterocycles. The van der Waals surface area contributed by atoms with Crippen molar-refractivity contribution in [3.05, 3.63) is 34.3 Å². The molecule has 1 aromatic carbocycles. The van der Waals surface area contributed by atoms with Crippen LogP contribution in [0.25, 0.3) is 0 Å². The van der Waals surface area contributed by atoms with Crippen molar-refractivity contribution in [3.63, 3.8) is 0 Å². The highest BCUT2D eigenvalue weighted by atomic mass is 79.9. The van der Waals surface area contributed by atoms with Crippen molar-refractivity contribution in [1.29, 1.82) is 0 Å². The fourth-order valence-electron chi connectivity index (χ4n) is 3.53. The average molecular weight is 322 g/mol. The molecule has 3 rings (SSSR count). The summed E-state index contributed by atoms with van der Waals surface area (Å²) in [6.07, 6.45) is 5.14. The molecule has 2 aliphatic rings. The van der Waals surface area contributed by atoms with Crippen molar-refractivity contribution in [1.82, 2.24) is 5.32 Å². The maximum Gasteiger partial charge on any atom is 0.224 e. The molecule has 0 bridgehead atoms. The van der Waals surface area contributed by atoms with E-state index in [2.05, 4.69) is 40.3 Å². The highest BCUT2D eigenvalue weighted by molar-refractivity contribution is 9.10. The van der Waals surface area contributed by atoms with Gasteiger partial charge in [0, 0.05) is 10.4 Å². The number of rotatable bonds is 3. The number of carbonyl (C=O) groups is 1. The Labute approximate surface area is 123 Å². The number of carbonyl (C=O) groups excluding carboxylic acids is 1. The zero-order chi connectivity index (χ0) is 13.4. The van der Waals surface area contributed by atoms with Gasteiger partial charge in [-0.3, -0.25) is 4.79 Å². The summed E-state index contributed by atoms with van der Waals surface area (Å²) in [6, 6.07) is 8.27. The van der Waals surface area contributed by atoms with Gasteiger partial charge in [-0.2, -0.15) is 0 Å². The van der Waals surface area contributed by atoms with Gasteiger partial charge in [0.15, 0.2) is 0 Å². The van der Waals surface area contributed by atoms with Gasteiger partial charge in [-0.25, -0.2) is 0 Å². The van der Waals surface area contributed by atoms with E-state index < -0.39 is 0 Å². The number of hydrogen-bond donors (Lipinski definition) is 1. The zero-order valence-electron chi connectivity index (χ0n) is 11.2. The highest BCUT2D eigenvalue weighted by Crippen LogP contribution is 2.55. The van der Waals surface area contributed by atoms with E-state index in [1.54, 1.807) is 0 Å². The summed E-state index contributed by atoms with van der Waals surface area (Å²) in [7, 11) is 0. The molecule has 0 spiro atoms. The third kappa shape index (κ3) is 2.71. The second-order valence-corrected chi connectivity index (χ2v) is 6.84. The van der Waals surface area contributed by atoms with Crippen LogP contribution in [0.2, 0.25) is 0 Å². The van der Waals surface area contributed by atoms with Crippen LogP contribution >= 0.6 is 15.9 Å². The molecule has 2 nitrogen and oxygen atoms in total. The standard InChI is InChI=1S/C16H20BrNO/c1-10(11-6-8-12(17)9-7-11)18-16(19)15-13-4-2-3-5-14(13)15/h6-10,13-15H,2-5H2,1H3,(H,18,19). The van der Waals surface area contributed by atoms with Gasteiger partial charge in [0.25, 0.3) is 0 Å². The first-order valence-electron chi connectivity index (χ1n) is 7.22. The van der Waals surface area contributed by atoms with E-state index >= 15 is 0 Å². The maximum absolute atomic E-state index is 12.3. The van der Waals surface area contributed by atoms with Gasteiger partial charge in [-0.15, -0.1) is 0 Å². The van der Waals surface area contributed by atoms with Gasteiger partial charge < -0.3 is 5.32 Å². The summed E-state index contributed by atoms with van der Waals surface area (Å²) in [5.41, 5.74) is 1.17. The Balaban J connectivity index is 1.59. The van der Waals surface area contributed by atoms with Crippen LogP contribution in [0.5, 0.6) is 0 Å². The molecular weight excluding hydrogens is 302 g/mol. The molecule has 0 aliphatic heterocycles. The third-order valence-corrected chi connectivity index (χ3v) is 5.22. The number of amides is 1. The van der Waals surface area contributed by atoms with E-state index in [0.717, 1.165) is 4.47 Å². The predicted octanol–water partition coefficient (Wildman–Crippen LogP) is 4.06. The summed E-state index contributed by atoms with van der Waals surface area (Å²) >= 11 is 3.43. The van der Waals surface area contributed by atoms with E-state index in [1.165, 1.54) is 31.2 Å². The minimum atomic E-state index is 0.100. The SMILES string of the molecule is CC(NC(=O)C1C2CCCCC21)c1ccc(Br)cc1. The minimum absolute atomic E-state index is 0.100. The number of benzene rings is 1. The topological polar surface area (TPSA) is 29.1 Å². The summed E-state index contributed by atoms with van der Waals surface area (Å²) in [4.78, 5) is 12.3. The van der Waals surface area contributed by atoms with E-state index in [0.29, 0.717) is 17.8 Å². The molecule has 2 saturated carbocycles. The Bertz CT molecular complexity index is 458. The fourth-order valence-corrected chi connectivity index (χ4v) is 3.79. The van der Waals surface area contributed by atoms with Crippen molar-refractivity contribution < 1.29 is 4.79 Å². The molecule has 1 aromatic rings. The van der Waals surface area contributed by atoms with Crippen LogP contribution in [0.4, 0.5) is 0 Å². The van der Waals surface area contributed by atoms with Crippen LogP contribution in [0, 0.1) is 17.8 Å². The molecule has 0 radical (unpaired) electrons. The van der Waals surface area contributed by atoms with Crippen molar-refractivity contribution >= 4 is 21.8 Å². The van der Waals surface area contributed by atoms with Gasteiger partial charge in [0.05, 0.1) is 6.04 Å². The Morgan fingerprint density at radius 2 is 1.79 bits per heavy atom. The molecule has 2 fully saturated rings. The van der Waals surface area contributed by atoms with Crippen LogP contribution in [0.15, 0.2) is 28.7 Å². The summed E-state index contributed by atoms with van der Waals surface area (Å²) in [5, 5.41) is 3.18. The van der Waals surface area contributed by atoms with Gasteiger partial charge in [0.2, 0.25) is 5.91 Å². The second-order valence-electron chi connectivity index (χ2n) is 5.92. The molecule has 0 heterocycles. The first-order chi connectivity index (χ1) is 9.16. The summed E-state index contributed by atoms with van der Waals surface area (Å²) in [5.74, 6) is 1.95. The maximum atomic E-state index is 12.3. The predicted molar refractivity (Wildman–Crippen MR) is 79.6 cm³/mol. The molecule has 3 unspecified atom stereocenters. The van der Waals surface area contributed by atoms with E-state index in [1.807, 2.05) is 12.1 Å². The van der Waals surface area contributed by atoms with Gasteiger partial charge in [-0.1, -0.05) is 40.9 Å². The molecule has 3 atom stereocenters. The lowest BCUT2D eigenvalue weighted by atomic mass is 10.0. The van der Waals surface area contributed by atoms with E-state index in [4.69, 9.17) is 0 Å². The molecule has 1 amide bonds. The smallest absolute Gasteiger partial charge is 0.224 e. The highest BCUT2D eigenvalue weighted by Gasteiger charge is 2.54. The summed E-state index contributed by atoms with van der Waals surface area (Å²) < 4.78 is 1.07. The lowest BCUT2D eigenvalue weighted by Gasteiger charge is -2.14. The van der Waals surface area contributed by atoms with Crippen molar-refractivity contribution in [2.45, 2.75) is 38.6 Å². The quantitative estimate of drug-likeness (QED) is 0.893. The van der Waals surface area contributed by atoms with Gasteiger partial charge in [0.1, 0.15) is 0 Å². The first kappa shape index (κ1) is 13.2. The van der Waals surface area contributed by atoms with Crippen LogP contribution in [0.3, 0.4) is 0 Å². The molecule has 19 heavy (non-hydrogen) atoms. The first-order valence-corrected chi connectivity index (χ1v) is 8.02. The fraction of sp³-hybridized carbons (Fsp3) is 0.562. The third-order valence-electron chi connectivity index (χ3n) is 4.69. The summed E-state index contributed by atoms with van der Waals surface area (Å²) in [6.45, 7) is 2.06. The number of fused-ring (bicyclic) bond motifs is 1. The second kappa shape index (κ2) is 5.28. The van der Waals surface area contributed by atoms with Gasteiger partial charge in [-0.05, 0) is 49.3 Å². The Morgan fingerprint density at radius 3 is 2.37 bits per heavy atom. The largest absolute Gasteiger partial charge is 0.349 e. The van der Waals surface area contributed by atoms with Crippen molar-refractivity contribution in [2.75, 3.05) is 0 Å². The lowest BCUT2D eigenvalue weighted by Crippen LogP contribution is -2.28. The molecule has 3 heteroatoms. The van der Waals surface area contributed by atoms with Gasteiger partial charge >= 0.3 is 0 Å². The lowest BCUT2D eigenvalue weighted by molar-refractivity contribution is -0.123. The molecule has 2 aliphatic carbocycles. The van der Waals surface area contributed by atoms with Crippen LogP contribution < -0.4 is 5.32 Å². The van der Waals surface area contributed by atoms with Crippen LogP contribution in [0.1, 0.15) is 44.2 Å². The Kier molecular flexibility index (Phi) is 3.66. The zero-order valence-corrected chi connectivity index (χ0v) is 12.8. The van der Waals surface area contributed by atoms with Crippen molar-refractivity contribution in [2.24, 2.45) is 17.8 Å². The van der Waals surface area contributed by atoms with Crippen molar-refractivity contribution in [3.8, 4) is 0 Å². The normalized spacial score (nSPS) is 30.3. The average Bonchev–Trinajstić information content (AvgIpc) is 3.13.